The fraction of sp³-hybridized carbons (Fsp3) is 0.304. The molecule has 2 N–H and O–H groups in total. The first-order valence-electron chi connectivity index (χ1n) is 10.1. The molecule has 1 fully saturated rings. The summed E-state index contributed by atoms with van der Waals surface area (Å²) in [5.74, 6) is 1.29. The molecule has 1 atom stereocenters. The van der Waals surface area contributed by atoms with Gasteiger partial charge < -0.3 is 20.1 Å². The van der Waals surface area contributed by atoms with Crippen LogP contribution >= 0.6 is 0 Å². The van der Waals surface area contributed by atoms with Crippen molar-refractivity contribution in [3.05, 3.63) is 65.9 Å². The van der Waals surface area contributed by atoms with Crippen LogP contribution in [-0.2, 0) is 16.0 Å². The molecule has 3 heterocycles. The quantitative estimate of drug-likeness (QED) is 0.678. The average Bonchev–Trinajstić information content (AvgIpc) is 2.79. The van der Waals surface area contributed by atoms with E-state index in [9.17, 15) is 4.79 Å². The number of carbonyl (C=O) groups excluding carboxylic acids is 1. The van der Waals surface area contributed by atoms with Crippen molar-refractivity contribution >= 4 is 11.7 Å². The molecule has 160 valence electrons. The molecule has 0 unspecified atom stereocenters. The van der Waals surface area contributed by atoms with Gasteiger partial charge in [0.15, 0.2) is 0 Å². The molecule has 0 spiro atoms. The zero-order chi connectivity index (χ0) is 21.8. The lowest BCUT2D eigenvalue weighted by Crippen LogP contribution is -2.43. The third kappa shape index (κ3) is 4.64. The minimum absolute atomic E-state index is 0.0571. The molecule has 1 aliphatic rings. The summed E-state index contributed by atoms with van der Waals surface area (Å²) in [6.45, 7) is 3.39. The van der Waals surface area contributed by atoms with Crippen molar-refractivity contribution in [3.8, 4) is 16.9 Å². The van der Waals surface area contributed by atoms with Gasteiger partial charge in [-0.2, -0.15) is 0 Å². The van der Waals surface area contributed by atoms with Gasteiger partial charge in [0.1, 0.15) is 24.0 Å². The number of benzene rings is 1. The second kappa shape index (κ2) is 9.09. The van der Waals surface area contributed by atoms with Crippen LogP contribution in [0.15, 0.2) is 49.1 Å². The highest BCUT2D eigenvalue weighted by Crippen LogP contribution is 2.30. The van der Waals surface area contributed by atoms with Crippen molar-refractivity contribution < 1.29 is 14.3 Å². The van der Waals surface area contributed by atoms with Gasteiger partial charge in [-0.05, 0) is 41.8 Å². The number of nitrogen functional groups attached to an aromatic ring is 1. The number of amides is 1. The molecule has 4 rings (SSSR count). The molecule has 1 aliphatic heterocycles. The summed E-state index contributed by atoms with van der Waals surface area (Å²) < 4.78 is 11.3. The standard InChI is InChI=1S/C23H25N5O3/c1-15-9-16(3-4-19(15)30-2)10-22(29)28-7-8-31-20(13-28)23-18(12-25-14-27-23)17-5-6-26-21(24)11-17/h3-6,9,11-12,14,20H,7-8,10,13H2,1-2H3,(H2,24,26)/t20-/m0/s1. The van der Waals surface area contributed by atoms with E-state index < -0.39 is 0 Å². The van der Waals surface area contributed by atoms with Gasteiger partial charge in [0, 0.05) is 24.5 Å². The lowest BCUT2D eigenvalue weighted by molar-refractivity contribution is -0.138. The predicted octanol–water partition coefficient (Wildman–Crippen LogP) is 2.58. The van der Waals surface area contributed by atoms with E-state index in [1.54, 1.807) is 25.6 Å². The Bertz CT molecular complexity index is 1090. The highest BCUT2D eigenvalue weighted by Gasteiger charge is 2.28. The molecular formula is C23H25N5O3. The van der Waals surface area contributed by atoms with Crippen LogP contribution in [0.4, 0.5) is 5.82 Å². The maximum Gasteiger partial charge on any atom is 0.227 e. The number of rotatable bonds is 5. The summed E-state index contributed by atoms with van der Waals surface area (Å²) >= 11 is 0. The Hall–Kier alpha value is -3.52. The second-order valence-corrected chi connectivity index (χ2v) is 7.47. The summed E-state index contributed by atoms with van der Waals surface area (Å²) in [5, 5.41) is 0. The number of hydrogen-bond donors (Lipinski definition) is 1. The van der Waals surface area contributed by atoms with Gasteiger partial charge in [0.2, 0.25) is 5.91 Å². The smallest absolute Gasteiger partial charge is 0.227 e. The highest BCUT2D eigenvalue weighted by atomic mass is 16.5. The van der Waals surface area contributed by atoms with Crippen LogP contribution in [0.25, 0.3) is 11.1 Å². The number of nitrogens with zero attached hydrogens (tertiary/aromatic N) is 4. The number of anilines is 1. The Balaban J connectivity index is 1.52. The first kappa shape index (κ1) is 20.7. The molecule has 1 aromatic carbocycles. The number of aromatic nitrogens is 3. The van der Waals surface area contributed by atoms with Crippen molar-refractivity contribution in [2.45, 2.75) is 19.4 Å². The van der Waals surface area contributed by atoms with Crippen molar-refractivity contribution in [3.63, 3.8) is 0 Å². The first-order chi connectivity index (χ1) is 15.0. The summed E-state index contributed by atoms with van der Waals surface area (Å²) in [4.78, 5) is 27.5. The molecule has 8 heteroatoms. The fourth-order valence-electron chi connectivity index (χ4n) is 3.81. The van der Waals surface area contributed by atoms with E-state index in [0.29, 0.717) is 31.9 Å². The molecule has 0 radical (unpaired) electrons. The number of methoxy groups -OCH3 is 1. The minimum atomic E-state index is -0.345. The zero-order valence-corrected chi connectivity index (χ0v) is 17.6. The maximum absolute atomic E-state index is 13.0. The van der Waals surface area contributed by atoms with E-state index in [1.807, 2.05) is 36.1 Å². The topological polar surface area (TPSA) is 103 Å². The summed E-state index contributed by atoms with van der Waals surface area (Å²) in [6, 6.07) is 9.45. The fourth-order valence-corrected chi connectivity index (χ4v) is 3.81. The third-order valence-corrected chi connectivity index (χ3v) is 5.37. The van der Waals surface area contributed by atoms with Crippen LogP contribution in [0, 0.1) is 6.92 Å². The van der Waals surface area contributed by atoms with E-state index >= 15 is 0 Å². The van der Waals surface area contributed by atoms with Gasteiger partial charge in [-0.15, -0.1) is 0 Å². The number of carbonyl (C=O) groups is 1. The van der Waals surface area contributed by atoms with E-state index in [1.165, 1.54) is 6.33 Å². The Morgan fingerprint density at radius 3 is 2.94 bits per heavy atom. The first-order valence-corrected chi connectivity index (χ1v) is 10.1. The SMILES string of the molecule is COc1ccc(CC(=O)N2CCO[C@H](c3ncncc3-c3ccnc(N)c3)C2)cc1C. The van der Waals surface area contributed by atoms with E-state index in [2.05, 4.69) is 15.0 Å². The molecule has 0 aliphatic carbocycles. The molecule has 0 bridgehead atoms. The van der Waals surface area contributed by atoms with Gasteiger partial charge in [0.25, 0.3) is 0 Å². The normalized spacial score (nSPS) is 16.2. The van der Waals surface area contributed by atoms with Crippen molar-refractivity contribution in [1.29, 1.82) is 0 Å². The molecule has 31 heavy (non-hydrogen) atoms. The van der Waals surface area contributed by atoms with Gasteiger partial charge in [-0.3, -0.25) is 4.79 Å². The van der Waals surface area contributed by atoms with Crippen LogP contribution in [0.1, 0.15) is 22.9 Å². The van der Waals surface area contributed by atoms with Crippen LogP contribution in [0.2, 0.25) is 0 Å². The summed E-state index contributed by atoms with van der Waals surface area (Å²) in [6.07, 6.45) is 4.86. The Morgan fingerprint density at radius 2 is 2.16 bits per heavy atom. The Labute approximate surface area is 181 Å². The number of hydrogen-bond acceptors (Lipinski definition) is 7. The van der Waals surface area contributed by atoms with Crippen molar-refractivity contribution in [1.82, 2.24) is 19.9 Å². The minimum Gasteiger partial charge on any atom is -0.496 e. The molecule has 1 amide bonds. The largest absolute Gasteiger partial charge is 0.496 e. The Morgan fingerprint density at radius 1 is 1.29 bits per heavy atom. The summed E-state index contributed by atoms with van der Waals surface area (Å²) in [5.41, 5.74) is 10.2. The molecule has 1 saturated heterocycles. The van der Waals surface area contributed by atoms with Crippen LogP contribution in [-0.4, -0.2) is 52.6 Å². The average molecular weight is 419 g/mol. The number of ether oxygens (including phenoxy) is 2. The van der Waals surface area contributed by atoms with Crippen LogP contribution in [0.5, 0.6) is 5.75 Å². The second-order valence-electron chi connectivity index (χ2n) is 7.47. The molecule has 8 nitrogen and oxygen atoms in total. The number of morpholine rings is 1. The maximum atomic E-state index is 13.0. The van der Waals surface area contributed by atoms with Crippen LogP contribution < -0.4 is 10.5 Å². The van der Waals surface area contributed by atoms with Gasteiger partial charge in [-0.25, -0.2) is 15.0 Å². The summed E-state index contributed by atoms with van der Waals surface area (Å²) in [7, 11) is 1.64. The Kier molecular flexibility index (Phi) is 6.08. The number of aryl methyl sites for hydroxylation is 1. The predicted molar refractivity (Wildman–Crippen MR) is 116 cm³/mol. The lowest BCUT2D eigenvalue weighted by atomic mass is 10.0. The van der Waals surface area contributed by atoms with Crippen molar-refractivity contribution in [2.24, 2.45) is 0 Å². The number of pyridine rings is 1. The molecule has 0 saturated carbocycles. The van der Waals surface area contributed by atoms with E-state index in [0.717, 1.165) is 33.7 Å². The molecule has 2 aromatic heterocycles. The van der Waals surface area contributed by atoms with Gasteiger partial charge in [0.05, 0.1) is 32.4 Å². The van der Waals surface area contributed by atoms with Crippen LogP contribution in [0.3, 0.4) is 0 Å². The van der Waals surface area contributed by atoms with E-state index in [4.69, 9.17) is 15.2 Å². The lowest BCUT2D eigenvalue weighted by Gasteiger charge is -2.33. The molecular weight excluding hydrogens is 394 g/mol. The highest BCUT2D eigenvalue weighted by molar-refractivity contribution is 5.79. The van der Waals surface area contributed by atoms with Gasteiger partial charge in [-0.1, -0.05) is 12.1 Å². The monoisotopic (exact) mass is 419 g/mol. The zero-order valence-electron chi connectivity index (χ0n) is 17.6. The van der Waals surface area contributed by atoms with Gasteiger partial charge >= 0.3 is 0 Å². The van der Waals surface area contributed by atoms with Crippen molar-refractivity contribution in [2.75, 3.05) is 32.5 Å². The number of nitrogens with two attached hydrogens (primary N) is 1. The van der Waals surface area contributed by atoms with E-state index in [-0.39, 0.29) is 12.0 Å². The molecule has 3 aromatic rings. The third-order valence-electron chi connectivity index (χ3n) is 5.37.